The van der Waals surface area contributed by atoms with Crippen molar-refractivity contribution in [2.75, 3.05) is 19.6 Å². The number of aromatic nitrogens is 5. The highest BCUT2D eigenvalue weighted by molar-refractivity contribution is 5.67. The number of fused-ring (bicyclic) bond motifs is 1. The van der Waals surface area contributed by atoms with E-state index < -0.39 is 0 Å². The van der Waals surface area contributed by atoms with E-state index in [9.17, 15) is 0 Å². The van der Waals surface area contributed by atoms with Gasteiger partial charge in [-0.1, -0.05) is 10.4 Å². The first kappa shape index (κ1) is 16.1. The standard InChI is InChI=1S/C18H14N6O4/c1-25-12-5-3-11(4-6-12)24-16(19)15(21-23-24)18-20-17(22-28-18)10-2-7-13-14(8-10)27-9-26-13/h2-8H,9,19H2,1H3. The fourth-order valence-electron chi connectivity index (χ4n) is 2.83. The van der Waals surface area contributed by atoms with Gasteiger partial charge in [0.2, 0.25) is 12.6 Å². The first-order valence-corrected chi connectivity index (χ1v) is 8.32. The van der Waals surface area contributed by atoms with Gasteiger partial charge in [-0.3, -0.25) is 0 Å². The molecule has 10 nitrogen and oxygen atoms in total. The van der Waals surface area contributed by atoms with Gasteiger partial charge in [-0.25, -0.2) is 0 Å². The van der Waals surface area contributed by atoms with E-state index in [1.54, 1.807) is 31.4 Å². The van der Waals surface area contributed by atoms with Crippen molar-refractivity contribution in [3.8, 4) is 45.9 Å². The van der Waals surface area contributed by atoms with Gasteiger partial charge in [0.05, 0.1) is 12.8 Å². The molecular formula is C18H14N6O4. The number of methoxy groups -OCH3 is 1. The van der Waals surface area contributed by atoms with Crippen LogP contribution in [0.1, 0.15) is 0 Å². The van der Waals surface area contributed by atoms with Crippen LogP contribution in [0.15, 0.2) is 47.0 Å². The summed E-state index contributed by atoms with van der Waals surface area (Å²) < 4.78 is 22.7. The Balaban J connectivity index is 1.47. The monoisotopic (exact) mass is 378 g/mol. The average Bonchev–Trinajstić information content (AvgIpc) is 3.46. The third-order valence-electron chi connectivity index (χ3n) is 4.28. The minimum Gasteiger partial charge on any atom is -0.497 e. The summed E-state index contributed by atoms with van der Waals surface area (Å²) in [6, 6.07) is 12.6. The highest BCUT2D eigenvalue weighted by atomic mass is 16.7. The predicted molar refractivity (Wildman–Crippen MR) is 97.2 cm³/mol. The number of benzene rings is 2. The van der Waals surface area contributed by atoms with E-state index in [-0.39, 0.29) is 18.5 Å². The quantitative estimate of drug-likeness (QED) is 0.569. The molecular weight excluding hydrogens is 364 g/mol. The predicted octanol–water partition coefficient (Wildman–Crippen LogP) is 2.30. The molecule has 3 heterocycles. The molecule has 0 unspecified atom stereocenters. The van der Waals surface area contributed by atoms with Crippen molar-refractivity contribution in [3.63, 3.8) is 0 Å². The van der Waals surface area contributed by atoms with Gasteiger partial charge in [-0.05, 0) is 42.5 Å². The average molecular weight is 378 g/mol. The van der Waals surface area contributed by atoms with Crippen LogP contribution in [0.4, 0.5) is 5.82 Å². The molecule has 2 aromatic carbocycles. The van der Waals surface area contributed by atoms with Gasteiger partial charge < -0.3 is 24.5 Å². The zero-order chi connectivity index (χ0) is 19.1. The van der Waals surface area contributed by atoms with Crippen LogP contribution in [0.3, 0.4) is 0 Å². The van der Waals surface area contributed by atoms with Crippen LogP contribution in [-0.2, 0) is 0 Å². The Labute approximate surface area is 158 Å². The zero-order valence-electron chi connectivity index (χ0n) is 14.7. The third kappa shape index (κ3) is 2.58. The van der Waals surface area contributed by atoms with Crippen molar-refractivity contribution < 1.29 is 18.7 Å². The molecule has 0 saturated carbocycles. The minimum absolute atomic E-state index is 0.171. The number of rotatable bonds is 4. The van der Waals surface area contributed by atoms with Gasteiger partial charge in [-0.2, -0.15) is 9.67 Å². The second kappa shape index (κ2) is 6.27. The van der Waals surface area contributed by atoms with Crippen LogP contribution in [0.2, 0.25) is 0 Å². The summed E-state index contributed by atoms with van der Waals surface area (Å²) in [6.07, 6.45) is 0. The summed E-state index contributed by atoms with van der Waals surface area (Å²) in [5.74, 6) is 2.88. The smallest absolute Gasteiger partial charge is 0.282 e. The summed E-state index contributed by atoms with van der Waals surface area (Å²) in [5.41, 5.74) is 7.96. The summed E-state index contributed by atoms with van der Waals surface area (Å²) in [7, 11) is 1.60. The Kier molecular flexibility index (Phi) is 3.61. The molecule has 0 radical (unpaired) electrons. The first-order valence-electron chi connectivity index (χ1n) is 8.32. The molecule has 0 bridgehead atoms. The molecule has 0 spiro atoms. The van der Waals surface area contributed by atoms with Gasteiger partial charge in [0, 0.05) is 5.56 Å². The third-order valence-corrected chi connectivity index (χ3v) is 4.28. The van der Waals surface area contributed by atoms with E-state index >= 15 is 0 Å². The molecule has 5 rings (SSSR count). The van der Waals surface area contributed by atoms with Crippen molar-refractivity contribution >= 4 is 5.82 Å². The molecule has 0 fully saturated rings. The largest absolute Gasteiger partial charge is 0.497 e. The molecule has 0 amide bonds. The van der Waals surface area contributed by atoms with Crippen LogP contribution in [0, 0.1) is 0 Å². The Morgan fingerprint density at radius 3 is 2.71 bits per heavy atom. The molecule has 2 aromatic heterocycles. The van der Waals surface area contributed by atoms with Crippen molar-refractivity contribution in [2.45, 2.75) is 0 Å². The SMILES string of the molecule is COc1ccc(-n2nnc(-c3nc(-c4ccc5c(c4)OCO5)no3)c2N)cc1. The first-order chi connectivity index (χ1) is 13.7. The lowest BCUT2D eigenvalue weighted by atomic mass is 10.2. The van der Waals surface area contributed by atoms with Crippen LogP contribution in [0.5, 0.6) is 17.2 Å². The van der Waals surface area contributed by atoms with Crippen molar-refractivity contribution in [3.05, 3.63) is 42.5 Å². The van der Waals surface area contributed by atoms with Gasteiger partial charge in [0.15, 0.2) is 23.0 Å². The van der Waals surface area contributed by atoms with Crippen LogP contribution >= 0.6 is 0 Å². The van der Waals surface area contributed by atoms with E-state index in [2.05, 4.69) is 20.5 Å². The maximum atomic E-state index is 6.20. The van der Waals surface area contributed by atoms with Crippen molar-refractivity contribution in [1.29, 1.82) is 0 Å². The number of nitrogen functional groups attached to an aromatic ring is 1. The molecule has 0 saturated heterocycles. The molecule has 1 aliphatic heterocycles. The van der Waals surface area contributed by atoms with E-state index in [0.29, 0.717) is 23.0 Å². The normalized spacial score (nSPS) is 12.3. The van der Waals surface area contributed by atoms with E-state index in [1.165, 1.54) is 4.68 Å². The number of nitrogens with two attached hydrogens (primary N) is 1. The Bertz CT molecular complexity index is 1150. The minimum atomic E-state index is 0.171. The number of ether oxygens (including phenoxy) is 3. The van der Waals surface area contributed by atoms with Crippen molar-refractivity contribution in [2.24, 2.45) is 0 Å². The Morgan fingerprint density at radius 1 is 1.07 bits per heavy atom. The lowest BCUT2D eigenvalue weighted by molar-refractivity contribution is 0.174. The second-order valence-electron chi connectivity index (χ2n) is 5.92. The van der Waals surface area contributed by atoms with Gasteiger partial charge in [0.1, 0.15) is 5.75 Å². The van der Waals surface area contributed by atoms with Crippen molar-refractivity contribution in [1.82, 2.24) is 25.1 Å². The van der Waals surface area contributed by atoms with E-state index in [4.69, 9.17) is 24.5 Å². The molecule has 140 valence electrons. The number of nitrogens with zero attached hydrogens (tertiary/aromatic N) is 5. The van der Waals surface area contributed by atoms with Crippen LogP contribution in [-0.4, -0.2) is 39.0 Å². The molecule has 1 aliphatic rings. The highest BCUT2D eigenvalue weighted by Crippen LogP contribution is 2.35. The summed E-state index contributed by atoms with van der Waals surface area (Å²) in [5, 5.41) is 12.2. The summed E-state index contributed by atoms with van der Waals surface area (Å²) in [4.78, 5) is 4.38. The van der Waals surface area contributed by atoms with E-state index in [1.807, 2.05) is 18.2 Å². The number of anilines is 1. The molecule has 28 heavy (non-hydrogen) atoms. The van der Waals surface area contributed by atoms with Gasteiger partial charge in [-0.15, -0.1) is 5.10 Å². The Morgan fingerprint density at radius 2 is 1.89 bits per heavy atom. The number of hydrogen-bond donors (Lipinski definition) is 1. The van der Waals surface area contributed by atoms with E-state index in [0.717, 1.165) is 17.0 Å². The Hall–Kier alpha value is -4.08. The number of hydrogen-bond acceptors (Lipinski definition) is 9. The fraction of sp³-hybridized carbons (Fsp3) is 0.111. The molecule has 2 N–H and O–H groups in total. The maximum Gasteiger partial charge on any atom is 0.282 e. The second-order valence-corrected chi connectivity index (χ2v) is 5.92. The maximum absolute atomic E-state index is 6.20. The van der Waals surface area contributed by atoms with Gasteiger partial charge in [0.25, 0.3) is 5.89 Å². The topological polar surface area (TPSA) is 123 Å². The van der Waals surface area contributed by atoms with Crippen LogP contribution < -0.4 is 19.9 Å². The summed E-state index contributed by atoms with van der Waals surface area (Å²) >= 11 is 0. The molecule has 0 atom stereocenters. The fourth-order valence-corrected chi connectivity index (χ4v) is 2.83. The van der Waals surface area contributed by atoms with Gasteiger partial charge >= 0.3 is 0 Å². The zero-order valence-corrected chi connectivity index (χ0v) is 14.7. The highest BCUT2D eigenvalue weighted by Gasteiger charge is 2.21. The summed E-state index contributed by atoms with van der Waals surface area (Å²) in [6.45, 7) is 0.196. The van der Waals surface area contributed by atoms with Crippen LogP contribution in [0.25, 0.3) is 28.7 Å². The lowest BCUT2D eigenvalue weighted by Crippen LogP contribution is -2.02. The molecule has 4 aromatic rings. The molecule has 0 aliphatic carbocycles. The lowest BCUT2D eigenvalue weighted by Gasteiger charge is -2.04. The molecule has 10 heteroatoms.